The Kier molecular flexibility index (Phi) is 3.69. The van der Waals surface area contributed by atoms with Crippen molar-refractivity contribution in [3.8, 4) is 0 Å². The van der Waals surface area contributed by atoms with Crippen molar-refractivity contribution in [3.63, 3.8) is 0 Å². The molecule has 0 saturated carbocycles. The van der Waals surface area contributed by atoms with Crippen LogP contribution in [-0.2, 0) is 0 Å². The first kappa shape index (κ1) is 12.8. The second kappa shape index (κ2) is 4.91. The number of anilines is 1. The van der Waals surface area contributed by atoms with Crippen molar-refractivity contribution in [1.29, 1.82) is 0 Å². The zero-order valence-corrected chi connectivity index (χ0v) is 11.8. The van der Waals surface area contributed by atoms with Gasteiger partial charge in [0.25, 0.3) is 0 Å². The lowest BCUT2D eigenvalue weighted by molar-refractivity contribution is 0.642. The second-order valence-corrected chi connectivity index (χ2v) is 7.18. The molecule has 0 spiro atoms. The summed E-state index contributed by atoms with van der Waals surface area (Å²) in [5.41, 5.74) is 8.63. The fourth-order valence-electron chi connectivity index (χ4n) is 2.38. The summed E-state index contributed by atoms with van der Waals surface area (Å²) in [6.07, 6.45) is 0. The van der Waals surface area contributed by atoms with Crippen LogP contribution in [0.5, 0.6) is 0 Å². The summed E-state index contributed by atoms with van der Waals surface area (Å²) in [6.45, 7) is 8.92. The van der Waals surface area contributed by atoms with Gasteiger partial charge in [-0.1, -0.05) is 18.2 Å². The van der Waals surface area contributed by atoms with E-state index in [0.717, 1.165) is 13.1 Å². The van der Waals surface area contributed by atoms with Gasteiger partial charge in [-0.2, -0.15) is 11.8 Å². The van der Waals surface area contributed by atoms with Crippen LogP contribution in [0.25, 0.3) is 0 Å². The Morgan fingerprint density at radius 1 is 1.35 bits per heavy atom. The van der Waals surface area contributed by atoms with E-state index in [4.69, 9.17) is 5.73 Å². The lowest BCUT2D eigenvalue weighted by Crippen LogP contribution is -2.43. The van der Waals surface area contributed by atoms with Crippen LogP contribution in [0.4, 0.5) is 5.69 Å². The van der Waals surface area contributed by atoms with E-state index in [1.54, 1.807) is 0 Å². The maximum absolute atomic E-state index is 6.06. The van der Waals surface area contributed by atoms with Crippen LogP contribution >= 0.6 is 11.8 Å². The molecule has 17 heavy (non-hydrogen) atoms. The maximum atomic E-state index is 6.06. The number of benzene rings is 1. The quantitative estimate of drug-likeness (QED) is 0.875. The van der Waals surface area contributed by atoms with Gasteiger partial charge in [-0.15, -0.1) is 0 Å². The zero-order valence-electron chi connectivity index (χ0n) is 10.9. The molecule has 1 aromatic rings. The van der Waals surface area contributed by atoms with E-state index >= 15 is 0 Å². The van der Waals surface area contributed by atoms with Crippen LogP contribution in [0.15, 0.2) is 24.3 Å². The number of nitrogens with two attached hydrogens (primary N) is 1. The molecule has 0 bridgehead atoms. The molecule has 3 heteroatoms. The molecule has 1 atom stereocenters. The molecular formula is C14H22N2S. The first-order valence-electron chi connectivity index (χ1n) is 6.23. The van der Waals surface area contributed by atoms with Gasteiger partial charge in [0.1, 0.15) is 0 Å². The Balaban J connectivity index is 2.27. The SMILES string of the molecule is C[C@H](N)c1ccccc1N1CCSC(C)(C)C1. The van der Waals surface area contributed by atoms with Gasteiger partial charge in [-0.25, -0.2) is 0 Å². The number of hydrogen-bond donors (Lipinski definition) is 1. The minimum Gasteiger partial charge on any atom is -0.369 e. The van der Waals surface area contributed by atoms with Gasteiger partial charge in [0.2, 0.25) is 0 Å². The van der Waals surface area contributed by atoms with E-state index in [0.29, 0.717) is 4.75 Å². The molecule has 94 valence electrons. The Morgan fingerprint density at radius 3 is 2.71 bits per heavy atom. The van der Waals surface area contributed by atoms with E-state index in [9.17, 15) is 0 Å². The third-order valence-electron chi connectivity index (χ3n) is 3.19. The number of rotatable bonds is 2. The van der Waals surface area contributed by atoms with Gasteiger partial charge < -0.3 is 10.6 Å². The molecule has 1 heterocycles. The van der Waals surface area contributed by atoms with Crippen LogP contribution in [0.2, 0.25) is 0 Å². The van der Waals surface area contributed by atoms with E-state index in [1.807, 2.05) is 0 Å². The fraction of sp³-hybridized carbons (Fsp3) is 0.571. The molecule has 1 fully saturated rings. The van der Waals surface area contributed by atoms with E-state index in [-0.39, 0.29) is 6.04 Å². The highest BCUT2D eigenvalue weighted by molar-refractivity contribution is 8.00. The first-order valence-corrected chi connectivity index (χ1v) is 7.21. The molecule has 0 aliphatic carbocycles. The van der Waals surface area contributed by atoms with Crippen molar-refractivity contribution in [2.24, 2.45) is 5.73 Å². The summed E-state index contributed by atoms with van der Waals surface area (Å²) in [7, 11) is 0. The molecule has 0 radical (unpaired) electrons. The molecule has 1 saturated heterocycles. The van der Waals surface area contributed by atoms with Gasteiger partial charge in [0, 0.05) is 35.3 Å². The summed E-state index contributed by atoms with van der Waals surface area (Å²) < 4.78 is 0.337. The summed E-state index contributed by atoms with van der Waals surface area (Å²) in [5.74, 6) is 1.19. The molecule has 2 nitrogen and oxygen atoms in total. The number of nitrogens with zero attached hydrogens (tertiary/aromatic N) is 1. The predicted octanol–water partition coefficient (Wildman–Crippen LogP) is 3.04. The largest absolute Gasteiger partial charge is 0.369 e. The molecule has 1 aliphatic heterocycles. The normalized spacial score (nSPS) is 21.3. The summed E-state index contributed by atoms with van der Waals surface area (Å²) >= 11 is 2.06. The minimum absolute atomic E-state index is 0.101. The molecule has 0 unspecified atom stereocenters. The molecule has 1 aromatic carbocycles. The van der Waals surface area contributed by atoms with Crippen molar-refractivity contribution in [2.75, 3.05) is 23.7 Å². The number of hydrogen-bond acceptors (Lipinski definition) is 3. The standard InChI is InChI=1S/C14H22N2S/c1-11(15)12-6-4-5-7-13(12)16-8-9-17-14(2,3)10-16/h4-7,11H,8-10,15H2,1-3H3/t11-/m0/s1. The van der Waals surface area contributed by atoms with E-state index in [1.165, 1.54) is 17.0 Å². The third-order valence-corrected chi connectivity index (χ3v) is 4.49. The molecule has 2 rings (SSSR count). The summed E-state index contributed by atoms with van der Waals surface area (Å²) in [4.78, 5) is 2.48. The van der Waals surface area contributed by atoms with Crippen LogP contribution in [0.3, 0.4) is 0 Å². The third kappa shape index (κ3) is 2.96. The van der Waals surface area contributed by atoms with E-state index < -0.39 is 0 Å². The lowest BCUT2D eigenvalue weighted by atomic mass is 10.0. The number of thioether (sulfide) groups is 1. The Bertz CT molecular complexity index is 388. The summed E-state index contributed by atoms with van der Waals surface area (Å²) in [6, 6.07) is 8.63. The number of para-hydroxylation sites is 1. The Labute approximate surface area is 109 Å². The molecule has 0 aromatic heterocycles. The van der Waals surface area contributed by atoms with Gasteiger partial charge in [-0.3, -0.25) is 0 Å². The highest BCUT2D eigenvalue weighted by Crippen LogP contribution is 2.34. The minimum atomic E-state index is 0.101. The highest BCUT2D eigenvalue weighted by atomic mass is 32.2. The van der Waals surface area contributed by atoms with Crippen LogP contribution < -0.4 is 10.6 Å². The molecule has 2 N–H and O–H groups in total. The van der Waals surface area contributed by atoms with Crippen molar-refractivity contribution < 1.29 is 0 Å². The molecular weight excluding hydrogens is 228 g/mol. The van der Waals surface area contributed by atoms with Gasteiger partial charge in [-0.05, 0) is 32.4 Å². The maximum Gasteiger partial charge on any atom is 0.0415 e. The van der Waals surface area contributed by atoms with Crippen molar-refractivity contribution in [1.82, 2.24) is 0 Å². The van der Waals surface area contributed by atoms with Crippen LogP contribution in [-0.4, -0.2) is 23.6 Å². The average Bonchev–Trinajstić information content (AvgIpc) is 2.27. The van der Waals surface area contributed by atoms with Crippen molar-refractivity contribution >= 4 is 17.4 Å². The highest BCUT2D eigenvalue weighted by Gasteiger charge is 2.28. The van der Waals surface area contributed by atoms with E-state index in [2.05, 4.69) is 61.7 Å². The predicted molar refractivity (Wildman–Crippen MR) is 77.8 cm³/mol. The van der Waals surface area contributed by atoms with Crippen LogP contribution in [0, 0.1) is 0 Å². The Morgan fingerprint density at radius 2 is 2.06 bits per heavy atom. The topological polar surface area (TPSA) is 29.3 Å². The molecule has 0 amide bonds. The van der Waals surface area contributed by atoms with Gasteiger partial charge in [0.05, 0.1) is 0 Å². The molecule has 1 aliphatic rings. The monoisotopic (exact) mass is 250 g/mol. The second-order valence-electron chi connectivity index (χ2n) is 5.38. The van der Waals surface area contributed by atoms with Gasteiger partial charge >= 0.3 is 0 Å². The van der Waals surface area contributed by atoms with Crippen molar-refractivity contribution in [2.45, 2.75) is 31.6 Å². The van der Waals surface area contributed by atoms with Crippen molar-refractivity contribution in [3.05, 3.63) is 29.8 Å². The smallest absolute Gasteiger partial charge is 0.0415 e. The van der Waals surface area contributed by atoms with Gasteiger partial charge in [0.15, 0.2) is 0 Å². The fourth-order valence-corrected chi connectivity index (χ4v) is 3.49. The lowest BCUT2D eigenvalue weighted by Gasteiger charge is -2.40. The summed E-state index contributed by atoms with van der Waals surface area (Å²) in [5, 5.41) is 0. The Hall–Kier alpha value is -0.670. The first-order chi connectivity index (χ1) is 7.99. The van der Waals surface area contributed by atoms with Crippen LogP contribution in [0.1, 0.15) is 32.4 Å². The zero-order chi connectivity index (χ0) is 12.5. The average molecular weight is 250 g/mol.